The van der Waals surface area contributed by atoms with Crippen molar-refractivity contribution in [3.8, 4) is 0 Å². The first-order valence-electron chi connectivity index (χ1n) is 7.40. The topological polar surface area (TPSA) is 0 Å². The molecule has 2 radical (unpaired) electrons. The van der Waals surface area contributed by atoms with Gasteiger partial charge in [0.15, 0.2) is 0 Å². The van der Waals surface area contributed by atoms with Gasteiger partial charge in [-0.15, -0.1) is 0 Å². The Morgan fingerprint density at radius 3 is 1.38 bits per heavy atom. The van der Waals surface area contributed by atoms with E-state index in [-0.39, 0.29) is 0 Å². The van der Waals surface area contributed by atoms with Gasteiger partial charge >= 0.3 is 0 Å². The second-order valence-corrected chi connectivity index (χ2v) is 4.88. The zero-order valence-corrected chi connectivity index (χ0v) is 11.3. The summed E-state index contributed by atoms with van der Waals surface area (Å²) < 4.78 is 0. The lowest BCUT2D eigenvalue weighted by Gasteiger charge is -2.02. The van der Waals surface area contributed by atoms with Gasteiger partial charge in [0.1, 0.15) is 0 Å². The predicted molar refractivity (Wildman–Crippen MR) is 73.5 cm³/mol. The summed E-state index contributed by atoms with van der Waals surface area (Å²) in [5, 5.41) is 0. The van der Waals surface area contributed by atoms with Crippen molar-refractivity contribution >= 4 is 0 Å². The Hall–Kier alpha value is -0.260. The molecule has 0 aromatic rings. The number of hydrogen-bond donors (Lipinski definition) is 0. The van der Waals surface area contributed by atoms with E-state index in [1.807, 2.05) is 0 Å². The summed E-state index contributed by atoms with van der Waals surface area (Å²) in [6.07, 6.45) is 19.3. The van der Waals surface area contributed by atoms with Crippen molar-refractivity contribution < 1.29 is 0 Å². The normalized spacial score (nSPS) is 10.6. The Bertz CT molecular complexity index is 126. The molecule has 0 rings (SSSR count). The summed E-state index contributed by atoms with van der Waals surface area (Å²) in [5.74, 6) is 0. The fraction of sp³-hybridized carbons (Fsp3) is 0.875. The van der Waals surface area contributed by atoms with Crippen LogP contribution in [0.2, 0.25) is 0 Å². The van der Waals surface area contributed by atoms with Crippen LogP contribution in [0.15, 0.2) is 6.08 Å². The van der Waals surface area contributed by atoms with Crippen molar-refractivity contribution in [1.82, 2.24) is 0 Å². The molecule has 0 saturated heterocycles. The van der Waals surface area contributed by atoms with E-state index >= 15 is 0 Å². The molecule has 0 heteroatoms. The third kappa shape index (κ3) is 13.7. The van der Waals surface area contributed by atoms with Gasteiger partial charge in [0.05, 0.1) is 0 Å². The predicted octanol–water partition coefficient (Wildman–Crippen LogP) is 5.94. The molecule has 0 N–H and O–H groups in total. The van der Waals surface area contributed by atoms with Crippen molar-refractivity contribution in [3.05, 3.63) is 12.7 Å². The first kappa shape index (κ1) is 15.7. The maximum Gasteiger partial charge on any atom is -0.0146 e. The van der Waals surface area contributed by atoms with Crippen LogP contribution in [0.5, 0.6) is 0 Å². The lowest BCUT2D eigenvalue weighted by molar-refractivity contribution is 0.545. The average Bonchev–Trinajstić information content (AvgIpc) is 2.31. The highest BCUT2D eigenvalue weighted by atomic mass is 14.0. The SMILES string of the molecule is [C]=CCCCCCCCCCCCCCC. The van der Waals surface area contributed by atoms with Crippen LogP contribution < -0.4 is 0 Å². The van der Waals surface area contributed by atoms with Crippen molar-refractivity contribution in [2.45, 2.75) is 90.4 Å². The van der Waals surface area contributed by atoms with Crippen molar-refractivity contribution in [2.75, 3.05) is 0 Å². The third-order valence-corrected chi connectivity index (χ3v) is 3.20. The number of rotatable bonds is 13. The number of unbranched alkanes of at least 4 members (excludes halogenated alkanes) is 12. The summed E-state index contributed by atoms with van der Waals surface area (Å²) in [6, 6.07) is 0. The molecule has 0 atom stereocenters. The van der Waals surface area contributed by atoms with Crippen molar-refractivity contribution in [3.63, 3.8) is 0 Å². The van der Waals surface area contributed by atoms with Gasteiger partial charge in [-0.1, -0.05) is 83.6 Å². The zero-order valence-electron chi connectivity index (χ0n) is 11.3. The van der Waals surface area contributed by atoms with Crippen LogP contribution in [-0.4, -0.2) is 0 Å². The minimum atomic E-state index is 0.984. The van der Waals surface area contributed by atoms with Crippen LogP contribution in [0, 0.1) is 6.58 Å². The maximum atomic E-state index is 6.92. The van der Waals surface area contributed by atoms with Gasteiger partial charge < -0.3 is 0 Å². The van der Waals surface area contributed by atoms with Gasteiger partial charge in [-0.25, -0.2) is 0 Å². The Kier molecular flexibility index (Phi) is 14.5. The Balaban J connectivity index is 2.85. The van der Waals surface area contributed by atoms with E-state index in [0.29, 0.717) is 0 Å². The summed E-state index contributed by atoms with van der Waals surface area (Å²) in [4.78, 5) is 0. The van der Waals surface area contributed by atoms with E-state index in [0.717, 1.165) is 6.42 Å². The minimum absolute atomic E-state index is 0.984. The van der Waals surface area contributed by atoms with Gasteiger partial charge in [0.25, 0.3) is 0 Å². The molecule has 16 heavy (non-hydrogen) atoms. The van der Waals surface area contributed by atoms with Crippen LogP contribution in [-0.2, 0) is 0 Å². The molecule has 0 saturated carbocycles. The second-order valence-electron chi connectivity index (χ2n) is 4.88. The van der Waals surface area contributed by atoms with E-state index < -0.39 is 0 Å². The highest BCUT2D eigenvalue weighted by Crippen LogP contribution is 2.12. The lowest BCUT2D eigenvalue weighted by Crippen LogP contribution is -1.82. The number of hydrogen-bond acceptors (Lipinski definition) is 0. The maximum absolute atomic E-state index is 6.92. The fourth-order valence-electron chi connectivity index (χ4n) is 2.09. The van der Waals surface area contributed by atoms with Crippen LogP contribution >= 0.6 is 0 Å². The van der Waals surface area contributed by atoms with E-state index in [4.69, 9.17) is 6.58 Å². The molecule has 0 aliphatic carbocycles. The first-order valence-corrected chi connectivity index (χ1v) is 7.40. The number of allylic oxidation sites excluding steroid dienone is 1. The quantitative estimate of drug-likeness (QED) is 0.338. The smallest absolute Gasteiger partial charge is 0.0146 e. The summed E-state index contributed by atoms with van der Waals surface area (Å²) in [7, 11) is 0. The molecule has 0 aromatic heterocycles. The molecule has 0 amide bonds. The highest BCUT2D eigenvalue weighted by molar-refractivity contribution is 4.61. The molecule has 0 aromatic carbocycles. The van der Waals surface area contributed by atoms with Gasteiger partial charge in [-0.3, -0.25) is 0 Å². The Morgan fingerprint density at radius 2 is 1.00 bits per heavy atom. The fourth-order valence-corrected chi connectivity index (χ4v) is 2.09. The van der Waals surface area contributed by atoms with Crippen LogP contribution in [0.1, 0.15) is 90.4 Å². The van der Waals surface area contributed by atoms with E-state index in [2.05, 4.69) is 6.92 Å². The third-order valence-electron chi connectivity index (χ3n) is 3.20. The zero-order chi connectivity index (χ0) is 11.9. The van der Waals surface area contributed by atoms with Crippen molar-refractivity contribution in [1.29, 1.82) is 0 Å². The lowest BCUT2D eigenvalue weighted by atomic mass is 10.0. The van der Waals surface area contributed by atoms with E-state index in [1.54, 1.807) is 0 Å². The largest absolute Gasteiger partial charge is 0.0760 e. The van der Waals surface area contributed by atoms with Gasteiger partial charge in [0.2, 0.25) is 0 Å². The Labute approximate surface area is 104 Å². The summed E-state index contributed by atoms with van der Waals surface area (Å²) in [6.45, 7) is 9.19. The van der Waals surface area contributed by atoms with Crippen LogP contribution in [0.4, 0.5) is 0 Å². The van der Waals surface area contributed by atoms with Gasteiger partial charge in [0, 0.05) is 0 Å². The molecule has 0 aliphatic heterocycles. The highest BCUT2D eigenvalue weighted by Gasteiger charge is 1.92. The second kappa shape index (κ2) is 14.7. The van der Waals surface area contributed by atoms with E-state index in [9.17, 15) is 0 Å². The first-order chi connectivity index (χ1) is 7.91. The van der Waals surface area contributed by atoms with Crippen LogP contribution in [0.3, 0.4) is 0 Å². The standard InChI is InChI=1S/C16H30/c1-3-5-7-9-11-13-15-16-14-12-10-8-6-4-2/h4H,3,5-16H2,1H3. The molecule has 94 valence electrons. The van der Waals surface area contributed by atoms with Crippen LogP contribution in [0.25, 0.3) is 0 Å². The molecule has 0 bridgehead atoms. The Morgan fingerprint density at radius 1 is 0.625 bits per heavy atom. The molecular formula is C16H30. The summed E-state index contributed by atoms with van der Waals surface area (Å²) in [5.41, 5.74) is 0. The monoisotopic (exact) mass is 222 g/mol. The molecule has 0 aliphatic rings. The van der Waals surface area contributed by atoms with Gasteiger partial charge in [-0.2, -0.15) is 0 Å². The molecule has 0 unspecified atom stereocenters. The van der Waals surface area contributed by atoms with Crippen molar-refractivity contribution in [2.24, 2.45) is 0 Å². The molecular weight excluding hydrogens is 192 g/mol. The molecule has 0 fully saturated rings. The molecule has 0 spiro atoms. The minimum Gasteiger partial charge on any atom is -0.0760 e. The average molecular weight is 222 g/mol. The van der Waals surface area contributed by atoms with E-state index in [1.165, 1.54) is 83.1 Å². The molecule has 0 nitrogen and oxygen atoms in total. The summed E-state index contributed by atoms with van der Waals surface area (Å²) >= 11 is 0. The molecule has 0 heterocycles. The van der Waals surface area contributed by atoms with Gasteiger partial charge in [-0.05, 0) is 19.4 Å².